The summed E-state index contributed by atoms with van der Waals surface area (Å²) in [6.45, 7) is 0. The predicted molar refractivity (Wildman–Crippen MR) is 260 cm³/mol. The van der Waals surface area contributed by atoms with E-state index in [2.05, 4.69) is 258 Å². The first-order valence-corrected chi connectivity index (χ1v) is 21.1. The number of rotatable bonds is 9. The Kier molecular flexibility index (Phi) is 9.53. The molecule has 0 saturated heterocycles. The molecule has 2 heterocycles. The molecule has 0 amide bonds. The number of nitrogens with zero attached hydrogens (tertiary/aromatic N) is 3. The SMILES string of the molecule is c1ccc(-c2cccc(-c3ccc(N(c4ccc(-c5cccc(-c6ccccc6)c5)cc4)c4ccc(-c5cccc(-n6c7ccccc7c7ccccc76)n5)cc4)cc3)c2)cc1. The molecular formula is C59H41N3. The van der Waals surface area contributed by atoms with E-state index >= 15 is 0 Å². The highest BCUT2D eigenvalue weighted by Crippen LogP contribution is 2.39. The van der Waals surface area contributed by atoms with Gasteiger partial charge in [-0.05, 0) is 117 Å². The Morgan fingerprint density at radius 3 is 1.08 bits per heavy atom. The van der Waals surface area contributed by atoms with Crippen LogP contribution in [0.5, 0.6) is 0 Å². The normalized spacial score (nSPS) is 11.2. The summed E-state index contributed by atoms with van der Waals surface area (Å²) in [5.74, 6) is 0.898. The fourth-order valence-electron chi connectivity index (χ4n) is 8.73. The number of pyridine rings is 1. The summed E-state index contributed by atoms with van der Waals surface area (Å²) < 4.78 is 2.27. The average molecular weight is 792 g/mol. The summed E-state index contributed by atoms with van der Waals surface area (Å²) in [6, 6.07) is 88.8. The highest BCUT2D eigenvalue weighted by molar-refractivity contribution is 6.09. The van der Waals surface area contributed by atoms with Crippen molar-refractivity contribution in [3.05, 3.63) is 249 Å². The Balaban J connectivity index is 0.950. The zero-order chi connectivity index (χ0) is 41.2. The highest BCUT2D eigenvalue weighted by atomic mass is 15.1. The minimum Gasteiger partial charge on any atom is -0.311 e. The van der Waals surface area contributed by atoms with Gasteiger partial charge in [-0.2, -0.15) is 0 Å². The van der Waals surface area contributed by atoms with E-state index in [-0.39, 0.29) is 0 Å². The molecule has 0 N–H and O–H groups in total. The number of hydrogen-bond acceptors (Lipinski definition) is 2. The van der Waals surface area contributed by atoms with E-state index < -0.39 is 0 Å². The van der Waals surface area contributed by atoms with Crippen molar-refractivity contribution in [2.24, 2.45) is 0 Å². The van der Waals surface area contributed by atoms with Gasteiger partial charge >= 0.3 is 0 Å². The molecule has 0 saturated carbocycles. The largest absolute Gasteiger partial charge is 0.311 e. The Bertz CT molecular complexity index is 3130. The molecule has 11 aromatic rings. The smallest absolute Gasteiger partial charge is 0.138 e. The molecule has 0 aliphatic carbocycles. The number of benzene rings is 9. The van der Waals surface area contributed by atoms with Crippen LogP contribution in [0.4, 0.5) is 17.1 Å². The Labute approximate surface area is 362 Å². The predicted octanol–water partition coefficient (Wildman–Crippen LogP) is 16.0. The molecular weight excluding hydrogens is 751 g/mol. The molecule has 11 rings (SSSR count). The van der Waals surface area contributed by atoms with Crippen molar-refractivity contribution in [3.63, 3.8) is 0 Å². The molecule has 3 nitrogen and oxygen atoms in total. The van der Waals surface area contributed by atoms with Crippen LogP contribution in [0.3, 0.4) is 0 Å². The number of fused-ring (bicyclic) bond motifs is 3. The molecule has 0 unspecified atom stereocenters. The van der Waals surface area contributed by atoms with E-state index in [9.17, 15) is 0 Å². The zero-order valence-corrected chi connectivity index (χ0v) is 34.0. The Morgan fingerprint density at radius 1 is 0.274 bits per heavy atom. The molecule has 0 aliphatic heterocycles. The van der Waals surface area contributed by atoms with Crippen LogP contribution in [-0.2, 0) is 0 Å². The molecule has 0 radical (unpaired) electrons. The highest BCUT2D eigenvalue weighted by Gasteiger charge is 2.16. The summed E-state index contributed by atoms with van der Waals surface area (Å²) >= 11 is 0. The van der Waals surface area contributed by atoms with Gasteiger partial charge in [0.15, 0.2) is 0 Å². The molecule has 2 aromatic heterocycles. The second-order valence-electron chi connectivity index (χ2n) is 15.6. The van der Waals surface area contributed by atoms with Crippen molar-refractivity contribution in [2.75, 3.05) is 4.90 Å². The fraction of sp³-hybridized carbons (Fsp3) is 0. The Morgan fingerprint density at radius 2 is 0.629 bits per heavy atom. The maximum atomic E-state index is 5.25. The third-order valence-corrected chi connectivity index (χ3v) is 11.8. The van der Waals surface area contributed by atoms with E-state index in [1.807, 2.05) is 0 Å². The maximum absolute atomic E-state index is 5.25. The first kappa shape index (κ1) is 36.8. The molecule has 0 aliphatic rings. The number of anilines is 3. The molecule has 3 heteroatoms. The van der Waals surface area contributed by atoms with Crippen LogP contribution in [0.1, 0.15) is 0 Å². The van der Waals surface area contributed by atoms with E-state index in [0.29, 0.717) is 0 Å². The van der Waals surface area contributed by atoms with Gasteiger partial charge in [0.05, 0.1) is 16.7 Å². The van der Waals surface area contributed by atoms with Gasteiger partial charge in [0.2, 0.25) is 0 Å². The van der Waals surface area contributed by atoms with Crippen LogP contribution in [0.15, 0.2) is 249 Å². The monoisotopic (exact) mass is 791 g/mol. The molecule has 62 heavy (non-hydrogen) atoms. The van der Waals surface area contributed by atoms with Crippen molar-refractivity contribution in [3.8, 4) is 61.6 Å². The summed E-state index contributed by atoms with van der Waals surface area (Å²) in [4.78, 5) is 7.59. The second kappa shape index (κ2) is 16.1. The van der Waals surface area contributed by atoms with Gasteiger partial charge in [-0.1, -0.05) is 176 Å². The van der Waals surface area contributed by atoms with Gasteiger partial charge in [-0.15, -0.1) is 0 Å². The van der Waals surface area contributed by atoms with Crippen LogP contribution < -0.4 is 4.90 Å². The quantitative estimate of drug-likeness (QED) is 0.145. The lowest BCUT2D eigenvalue weighted by Crippen LogP contribution is -2.09. The lowest BCUT2D eigenvalue weighted by Gasteiger charge is -2.26. The first-order valence-electron chi connectivity index (χ1n) is 21.1. The lowest BCUT2D eigenvalue weighted by atomic mass is 9.98. The third-order valence-electron chi connectivity index (χ3n) is 11.8. The zero-order valence-electron chi connectivity index (χ0n) is 34.0. The summed E-state index contributed by atoms with van der Waals surface area (Å²) in [5.41, 5.74) is 17.0. The van der Waals surface area contributed by atoms with Gasteiger partial charge < -0.3 is 4.90 Å². The van der Waals surface area contributed by atoms with Crippen LogP contribution in [0, 0.1) is 0 Å². The summed E-state index contributed by atoms with van der Waals surface area (Å²) in [5, 5.41) is 2.45. The minimum absolute atomic E-state index is 0.898. The topological polar surface area (TPSA) is 21.1 Å². The minimum atomic E-state index is 0.898. The number of hydrogen-bond donors (Lipinski definition) is 0. The van der Waals surface area contributed by atoms with E-state index in [1.165, 1.54) is 55.3 Å². The maximum Gasteiger partial charge on any atom is 0.138 e. The molecule has 9 aromatic carbocycles. The standard InChI is InChI=1S/C59H41N3/c1-3-14-42(15-4-1)47-18-11-20-49(40-47)44-28-34-51(35-29-44)61(52-36-30-45(31-37-52)50-21-12-19-48(41-50)43-16-5-2-6-17-43)53-38-32-46(33-39-53)56-24-13-27-59(60-56)62-57-25-9-7-22-54(57)55-23-8-10-26-58(55)62/h1-41H. The fourth-order valence-corrected chi connectivity index (χ4v) is 8.73. The van der Waals surface area contributed by atoms with Gasteiger partial charge in [0, 0.05) is 33.4 Å². The average Bonchev–Trinajstić information content (AvgIpc) is 3.70. The molecule has 292 valence electrons. The molecule has 0 bridgehead atoms. The van der Waals surface area contributed by atoms with Gasteiger partial charge in [0.25, 0.3) is 0 Å². The van der Waals surface area contributed by atoms with Crippen molar-refractivity contribution in [1.29, 1.82) is 0 Å². The third kappa shape index (κ3) is 7.02. The van der Waals surface area contributed by atoms with Gasteiger partial charge in [-0.25, -0.2) is 4.98 Å². The van der Waals surface area contributed by atoms with Crippen molar-refractivity contribution >= 4 is 38.9 Å². The van der Waals surface area contributed by atoms with Crippen LogP contribution >= 0.6 is 0 Å². The molecule has 0 atom stereocenters. The summed E-state index contributed by atoms with van der Waals surface area (Å²) in [7, 11) is 0. The van der Waals surface area contributed by atoms with Gasteiger partial charge in [0.1, 0.15) is 5.82 Å². The van der Waals surface area contributed by atoms with Crippen LogP contribution in [-0.4, -0.2) is 9.55 Å². The number of aromatic nitrogens is 2. The summed E-state index contributed by atoms with van der Waals surface area (Å²) in [6.07, 6.45) is 0. The van der Waals surface area contributed by atoms with E-state index in [1.54, 1.807) is 0 Å². The van der Waals surface area contributed by atoms with Gasteiger partial charge in [-0.3, -0.25) is 4.57 Å². The van der Waals surface area contributed by atoms with Crippen molar-refractivity contribution < 1.29 is 0 Å². The molecule has 0 fully saturated rings. The van der Waals surface area contributed by atoms with Crippen molar-refractivity contribution in [1.82, 2.24) is 9.55 Å². The van der Waals surface area contributed by atoms with Crippen molar-refractivity contribution in [2.45, 2.75) is 0 Å². The second-order valence-corrected chi connectivity index (χ2v) is 15.6. The van der Waals surface area contributed by atoms with E-state index in [4.69, 9.17) is 4.98 Å². The number of para-hydroxylation sites is 2. The lowest BCUT2D eigenvalue weighted by molar-refractivity contribution is 1.08. The van der Waals surface area contributed by atoms with Crippen LogP contribution in [0.25, 0.3) is 83.4 Å². The molecule has 0 spiro atoms. The van der Waals surface area contributed by atoms with E-state index in [0.717, 1.165) is 45.2 Å². The Hall–Kier alpha value is -8.27. The first-order chi connectivity index (χ1) is 30.7. The van der Waals surface area contributed by atoms with Crippen LogP contribution in [0.2, 0.25) is 0 Å².